The molecule has 1 N–H and O–H groups in total. The molecule has 0 fully saturated rings. The minimum atomic E-state index is -4.73. The van der Waals surface area contributed by atoms with E-state index in [0.29, 0.717) is 6.54 Å². The SMILES string of the molecule is Cc1c(Cl)c(C(F)(F)F)nn1C(C)C(=O)Nc1ncn(Cc2ccc(F)cc2)n1. The van der Waals surface area contributed by atoms with Gasteiger partial charge >= 0.3 is 6.18 Å². The molecule has 1 unspecified atom stereocenters. The highest BCUT2D eigenvalue weighted by Crippen LogP contribution is 2.36. The van der Waals surface area contributed by atoms with Crippen LogP contribution < -0.4 is 5.32 Å². The Balaban J connectivity index is 1.71. The monoisotopic (exact) mass is 430 g/mol. The number of hydrogen-bond acceptors (Lipinski definition) is 4. The van der Waals surface area contributed by atoms with Gasteiger partial charge in [0.2, 0.25) is 5.95 Å². The fourth-order valence-electron chi connectivity index (χ4n) is 2.59. The first-order valence-electron chi connectivity index (χ1n) is 8.33. The summed E-state index contributed by atoms with van der Waals surface area (Å²) in [6.07, 6.45) is -3.37. The fraction of sp³-hybridized carbons (Fsp3) is 0.294. The van der Waals surface area contributed by atoms with Gasteiger partial charge in [0.05, 0.1) is 17.3 Å². The number of carbonyl (C=O) groups is 1. The molecule has 2 heterocycles. The molecule has 0 aliphatic heterocycles. The van der Waals surface area contributed by atoms with E-state index in [1.54, 1.807) is 12.1 Å². The Morgan fingerprint density at radius 2 is 1.90 bits per heavy atom. The minimum Gasteiger partial charge on any atom is -0.291 e. The lowest BCUT2D eigenvalue weighted by Gasteiger charge is -2.13. The van der Waals surface area contributed by atoms with Gasteiger partial charge in [0.15, 0.2) is 5.69 Å². The number of rotatable bonds is 5. The van der Waals surface area contributed by atoms with Gasteiger partial charge in [-0.15, -0.1) is 5.10 Å². The van der Waals surface area contributed by atoms with Crippen molar-refractivity contribution in [1.82, 2.24) is 24.5 Å². The highest BCUT2D eigenvalue weighted by Gasteiger charge is 2.39. The van der Waals surface area contributed by atoms with Gasteiger partial charge in [-0.1, -0.05) is 23.7 Å². The van der Waals surface area contributed by atoms with E-state index in [2.05, 4.69) is 20.5 Å². The first kappa shape index (κ1) is 20.8. The van der Waals surface area contributed by atoms with Crippen molar-refractivity contribution in [2.24, 2.45) is 0 Å². The second-order valence-corrected chi connectivity index (χ2v) is 6.63. The number of nitrogens with zero attached hydrogens (tertiary/aromatic N) is 5. The van der Waals surface area contributed by atoms with Crippen LogP contribution in [0.2, 0.25) is 5.02 Å². The van der Waals surface area contributed by atoms with Crippen molar-refractivity contribution in [3.8, 4) is 0 Å². The van der Waals surface area contributed by atoms with Crippen molar-refractivity contribution in [1.29, 1.82) is 0 Å². The van der Waals surface area contributed by atoms with Crippen molar-refractivity contribution in [2.45, 2.75) is 32.6 Å². The number of anilines is 1. The summed E-state index contributed by atoms with van der Waals surface area (Å²) < 4.78 is 54.1. The molecule has 2 aromatic heterocycles. The number of halogens is 5. The molecular formula is C17H15ClF4N6O. The average Bonchev–Trinajstić information content (AvgIpc) is 3.21. The predicted octanol–water partition coefficient (Wildman–Crippen LogP) is 3.84. The molecule has 29 heavy (non-hydrogen) atoms. The van der Waals surface area contributed by atoms with Crippen LogP contribution in [0.4, 0.5) is 23.5 Å². The van der Waals surface area contributed by atoms with Crippen molar-refractivity contribution in [2.75, 3.05) is 5.32 Å². The maximum absolute atomic E-state index is 13.0. The van der Waals surface area contributed by atoms with Crippen molar-refractivity contribution in [3.63, 3.8) is 0 Å². The van der Waals surface area contributed by atoms with Crippen LogP contribution in [0.3, 0.4) is 0 Å². The molecule has 154 valence electrons. The quantitative estimate of drug-likeness (QED) is 0.624. The summed E-state index contributed by atoms with van der Waals surface area (Å²) in [6.45, 7) is 3.01. The Morgan fingerprint density at radius 1 is 1.24 bits per heavy atom. The van der Waals surface area contributed by atoms with Gasteiger partial charge in [-0.2, -0.15) is 18.3 Å². The van der Waals surface area contributed by atoms with Crippen LogP contribution in [0.15, 0.2) is 30.6 Å². The highest BCUT2D eigenvalue weighted by molar-refractivity contribution is 6.32. The molecule has 0 saturated carbocycles. The normalized spacial score (nSPS) is 12.8. The van der Waals surface area contributed by atoms with E-state index < -0.39 is 28.8 Å². The van der Waals surface area contributed by atoms with Crippen molar-refractivity contribution < 1.29 is 22.4 Å². The minimum absolute atomic E-state index is 0.0106. The maximum Gasteiger partial charge on any atom is 0.436 e. The zero-order chi connectivity index (χ0) is 21.3. The van der Waals surface area contributed by atoms with Crippen LogP contribution in [0.1, 0.15) is 29.9 Å². The Labute approximate surface area is 167 Å². The van der Waals surface area contributed by atoms with Gasteiger partial charge < -0.3 is 0 Å². The Hall–Kier alpha value is -2.95. The van der Waals surface area contributed by atoms with Crippen molar-refractivity contribution >= 4 is 23.5 Å². The summed E-state index contributed by atoms with van der Waals surface area (Å²) in [5.41, 5.74) is -0.474. The number of hydrogen-bond donors (Lipinski definition) is 1. The number of alkyl halides is 3. The van der Waals surface area contributed by atoms with E-state index in [4.69, 9.17) is 11.6 Å². The Kier molecular flexibility index (Phi) is 5.60. The van der Waals surface area contributed by atoms with Gasteiger partial charge in [0, 0.05) is 0 Å². The summed E-state index contributed by atoms with van der Waals surface area (Å²) >= 11 is 5.71. The smallest absolute Gasteiger partial charge is 0.291 e. The van der Waals surface area contributed by atoms with E-state index in [9.17, 15) is 22.4 Å². The lowest BCUT2D eigenvalue weighted by Crippen LogP contribution is -2.26. The maximum atomic E-state index is 13.0. The zero-order valence-corrected chi connectivity index (χ0v) is 16.0. The van der Waals surface area contributed by atoms with Crippen LogP contribution in [0, 0.1) is 12.7 Å². The third-order valence-electron chi connectivity index (χ3n) is 4.12. The van der Waals surface area contributed by atoms with E-state index in [-0.39, 0.29) is 17.5 Å². The molecular weight excluding hydrogens is 416 g/mol. The van der Waals surface area contributed by atoms with Gasteiger partial charge in [-0.05, 0) is 31.5 Å². The number of amides is 1. The largest absolute Gasteiger partial charge is 0.436 e. The molecule has 0 saturated heterocycles. The predicted molar refractivity (Wildman–Crippen MR) is 95.8 cm³/mol. The average molecular weight is 431 g/mol. The first-order valence-corrected chi connectivity index (χ1v) is 8.70. The first-order chi connectivity index (χ1) is 13.6. The van der Waals surface area contributed by atoms with Crippen LogP contribution in [-0.2, 0) is 17.5 Å². The molecule has 0 radical (unpaired) electrons. The highest BCUT2D eigenvalue weighted by atomic mass is 35.5. The number of benzene rings is 1. The summed E-state index contributed by atoms with van der Waals surface area (Å²) in [5.74, 6) is -1.06. The van der Waals surface area contributed by atoms with Crippen molar-refractivity contribution in [3.05, 3.63) is 58.4 Å². The fourth-order valence-corrected chi connectivity index (χ4v) is 2.82. The summed E-state index contributed by atoms with van der Waals surface area (Å²) in [7, 11) is 0. The van der Waals surface area contributed by atoms with E-state index in [1.807, 2.05) is 0 Å². The lowest BCUT2D eigenvalue weighted by atomic mass is 10.2. The van der Waals surface area contributed by atoms with Gasteiger partial charge in [-0.3, -0.25) is 14.8 Å². The third-order valence-corrected chi connectivity index (χ3v) is 4.57. The van der Waals surface area contributed by atoms with Gasteiger partial charge in [0.1, 0.15) is 18.2 Å². The number of aromatic nitrogens is 5. The molecule has 0 spiro atoms. The molecule has 1 aromatic carbocycles. The molecule has 1 atom stereocenters. The zero-order valence-electron chi connectivity index (χ0n) is 15.2. The van der Waals surface area contributed by atoms with Crippen LogP contribution in [0.25, 0.3) is 0 Å². The van der Waals surface area contributed by atoms with E-state index in [0.717, 1.165) is 10.2 Å². The molecule has 1 amide bonds. The second kappa shape index (κ2) is 7.82. The third kappa shape index (κ3) is 4.56. The van der Waals surface area contributed by atoms with Gasteiger partial charge in [0.25, 0.3) is 5.91 Å². The van der Waals surface area contributed by atoms with Crippen LogP contribution in [0.5, 0.6) is 0 Å². The Morgan fingerprint density at radius 3 is 2.48 bits per heavy atom. The summed E-state index contributed by atoms with van der Waals surface area (Å²) in [6, 6.07) is 4.69. The molecule has 0 aliphatic carbocycles. The molecule has 3 aromatic rings. The molecule has 0 bridgehead atoms. The Bertz CT molecular complexity index is 1030. The second-order valence-electron chi connectivity index (χ2n) is 6.25. The molecule has 12 heteroatoms. The van der Waals surface area contributed by atoms with E-state index in [1.165, 1.54) is 37.0 Å². The number of nitrogens with one attached hydrogen (secondary N) is 1. The molecule has 0 aliphatic rings. The topological polar surface area (TPSA) is 77.6 Å². The summed E-state index contributed by atoms with van der Waals surface area (Å²) in [5, 5.41) is 9.37. The van der Waals surface area contributed by atoms with Gasteiger partial charge in [-0.25, -0.2) is 14.1 Å². The van der Waals surface area contributed by atoms with Crippen LogP contribution >= 0.6 is 11.6 Å². The lowest BCUT2D eigenvalue weighted by molar-refractivity contribution is -0.141. The van der Waals surface area contributed by atoms with E-state index >= 15 is 0 Å². The van der Waals surface area contributed by atoms with Crippen LogP contribution in [-0.4, -0.2) is 30.5 Å². The molecule has 7 nitrogen and oxygen atoms in total. The number of carbonyl (C=O) groups excluding carboxylic acids is 1. The molecule has 3 rings (SSSR count). The summed E-state index contributed by atoms with van der Waals surface area (Å²) in [4.78, 5) is 16.4. The standard InChI is InChI=1S/C17H15ClF4N6O/c1-9-13(18)14(17(20,21)22)25-28(9)10(2)15(29)24-16-23-8-27(26-16)7-11-3-5-12(19)6-4-11/h3-6,8,10H,7H2,1-2H3,(H,24,26,29).